The van der Waals surface area contributed by atoms with Crippen molar-refractivity contribution >= 4 is 11.6 Å². The average Bonchev–Trinajstić information content (AvgIpc) is 2.83. The van der Waals surface area contributed by atoms with E-state index in [-0.39, 0.29) is 52.4 Å². The minimum Gasteiger partial charge on any atom is -0.507 e. The van der Waals surface area contributed by atoms with Crippen LogP contribution >= 0.6 is 0 Å². The van der Waals surface area contributed by atoms with Gasteiger partial charge < -0.3 is 30.5 Å². The number of fused-ring (bicyclic) bond motifs is 3. The first kappa shape index (κ1) is 25.2. The number of aliphatic hydroxyl groups is 2. The number of hydrogen-bond acceptors (Lipinski definition) is 8. The quantitative estimate of drug-likeness (QED) is 0.409. The van der Waals surface area contributed by atoms with Gasteiger partial charge in [0.2, 0.25) is 0 Å². The lowest BCUT2D eigenvalue weighted by atomic mass is 9.75. The zero-order chi connectivity index (χ0) is 25.6. The molecule has 3 aliphatic rings. The molecule has 9 heteroatoms. The van der Waals surface area contributed by atoms with Gasteiger partial charge in [-0.2, -0.15) is 0 Å². The highest BCUT2D eigenvalue weighted by molar-refractivity contribution is 6.31. The molecule has 1 saturated heterocycles. The molecule has 0 amide bonds. The summed E-state index contributed by atoms with van der Waals surface area (Å²) in [6, 6.07) is 4.45. The van der Waals surface area contributed by atoms with Gasteiger partial charge in [0.25, 0.3) is 0 Å². The molecule has 5 N–H and O–H groups in total. The Bertz CT molecular complexity index is 1170. The van der Waals surface area contributed by atoms with Crippen LogP contribution in [-0.2, 0) is 17.6 Å². The molecule has 188 valence electrons. The Morgan fingerprint density at radius 3 is 2.49 bits per heavy atom. The standard InChI is InChI=1S/C20H17FO4.C6H13NO3/c1-9-11-7-6-10(21)8-13(11)19(23)17-15(9)20(24)16-12(18(17)22)4-3-5-14(16)25-2;1-3-6(9)4(7)2-5(8)10-3/h3-5,10,23H,6-8H2,1-2H3;3-6,8-9H,2,7H2,1H3/t10-;/m0./s1. The molecule has 0 spiro atoms. The lowest BCUT2D eigenvalue weighted by Crippen LogP contribution is -2.51. The molecule has 2 aromatic carbocycles. The first-order chi connectivity index (χ1) is 16.6. The third-order valence-electron chi connectivity index (χ3n) is 7.03. The topological polar surface area (TPSA) is 139 Å². The molecule has 35 heavy (non-hydrogen) atoms. The number of rotatable bonds is 1. The second-order valence-corrected chi connectivity index (χ2v) is 9.25. The Labute approximate surface area is 202 Å². The Balaban J connectivity index is 0.000000243. The van der Waals surface area contributed by atoms with E-state index in [9.17, 15) is 24.2 Å². The van der Waals surface area contributed by atoms with Crippen molar-refractivity contribution in [2.75, 3.05) is 7.11 Å². The van der Waals surface area contributed by atoms with Gasteiger partial charge in [-0.25, -0.2) is 4.39 Å². The van der Waals surface area contributed by atoms with Gasteiger partial charge in [-0.05, 0) is 43.9 Å². The molecule has 8 nitrogen and oxygen atoms in total. The third-order valence-corrected chi connectivity index (χ3v) is 7.03. The van der Waals surface area contributed by atoms with Crippen molar-refractivity contribution in [3.05, 3.63) is 57.1 Å². The molecule has 1 fully saturated rings. The van der Waals surface area contributed by atoms with E-state index >= 15 is 0 Å². The van der Waals surface area contributed by atoms with Gasteiger partial charge in [-0.3, -0.25) is 9.59 Å². The number of halogens is 1. The van der Waals surface area contributed by atoms with Crippen LogP contribution in [0.2, 0.25) is 0 Å². The molecule has 4 unspecified atom stereocenters. The molecule has 0 bridgehead atoms. The van der Waals surface area contributed by atoms with Crippen LogP contribution in [-0.4, -0.2) is 64.7 Å². The third kappa shape index (κ3) is 4.33. The summed E-state index contributed by atoms with van der Waals surface area (Å²) in [6.07, 6.45) is -1.68. The van der Waals surface area contributed by atoms with Crippen LogP contribution in [0.3, 0.4) is 0 Å². The normalized spacial score (nSPS) is 27.2. The van der Waals surface area contributed by atoms with Gasteiger partial charge >= 0.3 is 0 Å². The van der Waals surface area contributed by atoms with Crippen LogP contribution in [0, 0.1) is 6.92 Å². The fourth-order valence-electron chi connectivity index (χ4n) is 5.15. The predicted octanol–water partition coefficient (Wildman–Crippen LogP) is 2.11. The number of phenols is 1. The zero-order valence-electron chi connectivity index (χ0n) is 19.9. The number of alkyl halides is 1. The summed E-state index contributed by atoms with van der Waals surface area (Å²) in [5, 5.41) is 28.8. The molecule has 0 aromatic heterocycles. The number of hydrogen-bond donors (Lipinski definition) is 4. The van der Waals surface area contributed by atoms with Crippen molar-refractivity contribution in [2.24, 2.45) is 5.73 Å². The Kier molecular flexibility index (Phi) is 6.97. The molecule has 5 rings (SSSR count). The Morgan fingerprint density at radius 2 is 1.83 bits per heavy atom. The van der Waals surface area contributed by atoms with Gasteiger partial charge in [0.15, 0.2) is 17.9 Å². The summed E-state index contributed by atoms with van der Waals surface area (Å²) in [5.41, 5.74) is 8.02. The highest BCUT2D eigenvalue weighted by Gasteiger charge is 2.39. The number of carbonyl (C=O) groups is 2. The van der Waals surface area contributed by atoms with E-state index in [4.69, 9.17) is 20.3 Å². The minimum absolute atomic E-state index is 0.00361. The van der Waals surface area contributed by atoms with Crippen LogP contribution in [0.15, 0.2) is 18.2 Å². The number of aliphatic hydroxyl groups excluding tert-OH is 2. The average molecular weight is 488 g/mol. The molecule has 1 aliphatic heterocycles. The first-order valence-corrected chi connectivity index (χ1v) is 11.6. The molecule has 2 aliphatic carbocycles. The van der Waals surface area contributed by atoms with E-state index in [0.29, 0.717) is 36.1 Å². The van der Waals surface area contributed by atoms with Gasteiger partial charge in [0, 0.05) is 35.6 Å². The van der Waals surface area contributed by atoms with Crippen LogP contribution in [0.4, 0.5) is 4.39 Å². The van der Waals surface area contributed by atoms with Crippen LogP contribution in [0.5, 0.6) is 11.5 Å². The van der Waals surface area contributed by atoms with E-state index < -0.39 is 24.3 Å². The highest BCUT2D eigenvalue weighted by Crippen LogP contribution is 2.43. The van der Waals surface area contributed by atoms with E-state index in [0.717, 1.165) is 5.56 Å². The first-order valence-electron chi connectivity index (χ1n) is 11.6. The number of benzene rings is 2. The molecule has 0 radical (unpaired) electrons. The fraction of sp³-hybridized carbons (Fsp3) is 0.462. The fourth-order valence-corrected chi connectivity index (χ4v) is 5.15. The number of phenolic OH excluding ortho intramolecular Hbond substituents is 1. The maximum atomic E-state index is 13.8. The predicted molar refractivity (Wildman–Crippen MR) is 125 cm³/mol. The van der Waals surface area contributed by atoms with Gasteiger partial charge in [0.05, 0.1) is 30.4 Å². The van der Waals surface area contributed by atoms with Gasteiger partial charge in [-0.15, -0.1) is 0 Å². The monoisotopic (exact) mass is 487 g/mol. The summed E-state index contributed by atoms with van der Waals surface area (Å²) >= 11 is 0. The lowest BCUT2D eigenvalue weighted by molar-refractivity contribution is -0.198. The second-order valence-electron chi connectivity index (χ2n) is 9.25. The van der Waals surface area contributed by atoms with Crippen molar-refractivity contribution in [3.8, 4) is 11.5 Å². The molecule has 0 saturated carbocycles. The van der Waals surface area contributed by atoms with E-state index in [2.05, 4.69) is 0 Å². The number of nitrogens with two attached hydrogens (primary N) is 1. The van der Waals surface area contributed by atoms with Crippen molar-refractivity contribution in [1.82, 2.24) is 0 Å². The Hall–Kier alpha value is -2.85. The summed E-state index contributed by atoms with van der Waals surface area (Å²) < 4.78 is 24.0. The van der Waals surface area contributed by atoms with Gasteiger partial charge in [0.1, 0.15) is 17.7 Å². The maximum absolute atomic E-state index is 13.8. The number of methoxy groups -OCH3 is 1. The lowest BCUT2D eigenvalue weighted by Gasteiger charge is -2.33. The SMILES string of the molecule is CC1OC(O)CC(N)C1O.COc1cccc2c1C(=O)c1c(C)c3c(c(O)c1C2=O)C[C@@H](F)CC3. The van der Waals surface area contributed by atoms with E-state index in [1.54, 1.807) is 32.0 Å². The van der Waals surface area contributed by atoms with E-state index in [1.807, 2.05) is 0 Å². The molecule has 5 atom stereocenters. The number of ether oxygens (including phenoxy) is 2. The van der Waals surface area contributed by atoms with E-state index in [1.165, 1.54) is 7.11 Å². The largest absolute Gasteiger partial charge is 0.507 e. The Morgan fingerprint density at radius 1 is 1.11 bits per heavy atom. The maximum Gasteiger partial charge on any atom is 0.198 e. The van der Waals surface area contributed by atoms with Gasteiger partial charge in [-0.1, -0.05) is 12.1 Å². The summed E-state index contributed by atoms with van der Waals surface area (Å²) in [6.45, 7) is 3.45. The van der Waals surface area contributed by atoms with Crippen LogP contribution in [0.25, 0.3) is 0 Å². The smallest absolute Gasteiger partial charge is 0.198 e. The number of ketones is 2. The van der Waals surface area contributed by atoms with Crippen LogP contribution < -0.4 is 10.5 Å². The molecular formula is C26H30FNO7. The van der Waals surface area contributed by atoms with Crippen LogP contribution in [0.1, 0.15) is 68.3 Å². The molecule has 2 aromatic rings. The zero-order valence-corrected chi connectivity index (χ0v) is 19.9. The number of carbonyl (C=O) groups excluding carboxylic acids is 2. The molecule has 1 heterocycles. The second kappa shape index (κ2) is 9.66. The highest BCUT2D eigenvalue weighted by atomic mass is 19.1. The summed E-state index contributed by atoms with van der Waals surface area (Å²) in [7, 11) is 1.45. The minimum atomic E-state index is -1.04. The number of aromatic hydroxyl groups is 1. The van der Waals surface area contributed by atoms with Crippen molar-refractivity contribution in [2.45, 2.75) is 70.2 Å². The molecular weight excluding hydrogens is 457 g/mol. The van der Waals surface area contributed by atoms with Crippen molar-refractivity contribution < 1.29 is 38.8 Å². The van der Waals surface area contributed by atoms with Crippen molar-refractivity contribution in [3.63, 3.8) is 0 Å². The summed E-state index contributed by atoms with van der Waals surface area (Å²) in [5.74, 6) is -0.667. The summed E-state index contributed by atoms with van der Waals surface area (Å²) in [4.78, 5) is 26.1. The van der Waals surface area contributed by atoms with Crippen molar-refractivity contribution in [1.29, 1.82) is 0 Å².